The number of nitrogens with zero attached hydrogens (tertiary/aromatic N) is 1. The summed E-state index contributed by atoms with van der Waals surface area (Å²) in [6.45, 7) is 2.52. The van der Waals surface area contributed by atoms with Crippen molar-refractivity contribution in [1.82, 2.24) is 0 Å². The van der Waals surface area contributed by atoms with Crippen LogP contribution >= 0.6 is 0 Å². The topological polar surface area (TPSA) is 46.3 Å². The third-order valence-electron chi connectivity index (χ3n) is 2.40. The summed E-state index contributed by atoms with van der Waals surface area (Å²) in [5, 5.41) is 0. The second-order valence-electron chi connectivity index (χ2n) is 3.79. The third-order valence-corrected chi connectivity index (χ3v) is 2.40. The van der Waals surface area contributed by atoms with E-state index in [2.05, 4.69) is 0 Å². The number of fused-ring (bicyclic) bond motifs is 1. The molecular weight excluding hydrogens is 176 g/mol. The van der Waals surface area contributed by atoms with Gasteiger partial charge in [0.05, 0.1) is 6.42 Å². The minimum absolute atomic E-state index is 0.0186. The molecule has 1 heterocycles. The molecule has 0 spiro atoms. The molecule has 0 aromatic heterocycles. The maximum Gasteiger partial charge on any atom is 0.231 e. The second kappa shape index (κ2) is 3.42. The molecule has 1 aliphatic heterocycles. The minimum atomic E-state index is 0.0186. The number of carbonyl (C=O) groups is 1. The predicted molar refractivity (Wildman–Crippen MR) is 56.1 cm³/mol. The number of hydrogen-bond acceptors (Lipinski definition) is 2. The Morgan fingerprint density at radius 1 is 1.50 bits per heavy atom. The first kappa shape index (κ1) is 9.21. The number of hydrogen-bond donors (Lipinski definition) is 1. The van der Waals surface area contributed by atoms with Crippen LogP contribution in [0.1, 0.15) is 12.5 Å². The van der Waals surface area contributed by atoms with E-state index in [1.807, 2.05) is 31.2 Å². The fourth-order valence-corrected chi connectivity index (χ4v) is 1.80. The fraction of sp³-hybridized carbons (Fsp3) is 0.364. The van der Waals surface area contributed by atoms with Gasteiger partial charge in [-0.25, -0.2) is 0 Å². The molecule has 0 saturated carbocycles. The maximum atomic E-state index is 11.6. The van der Waals surface area contributed by atoms with Gasteiger partial charge in [0.25, 0.3) is 0 Å². The van der Waals surface area contributed by atoms with Crippen molar-refractivity contribution >= 4 is 11.6 Å². The van der Waals surface area contributed by atoms with Crippen LogP contribution in [0.3, 0.4) is 0 Å². The Labute approximate surface area is 83.5 Å². The summed E-state index contributed by atoms with van der Waals surface area (Å²) in [6.07, 6.45) is 0.517. The molecule has 0 radical (unpaired) electrons. The molecule has 3 heteroatoms. The average Bonchev–Trinajstić information content (AvgIpc) is 2.43. The van der Waals surface area contributed by atoms with Crippen LogP contribution in [0.15, 0.2) is 24.3 Å². The highest BCUT2D eigenvalue weighted by Crippen LogP contribution is 2.27. The summed E-state index contributed by atoms with van der Waals surface area (Å²) in [7, 11) is 0. The van der Waals surface area contributed by atoms with E-state index in [4.69, 9.17) is 5.73 Å². The average molecular weight is 190 g/mol. The van der Waals surface area contributed by atoms with Gasteiger partial charge in [0.15, 0.2) is 0 Å². The van der Waals surface area contributed by atoms with Crippen molar-refractivity contribution in [3.05, 3.63) is 29.8 Å². The Morgan fingerprint density at radius 2 is 2.21 bits per heavy atom. The fourth-order valence-electron chi connectivity index (χ4n) is 1.80. The number of carbonyl (C=O) groups excluding carboxylic acids is 1. The molecule has 3 nitrogen and oxygen atoms in total. The van der Waals surface area contributed by atoms with E-state index >= 15 is 0 Å². The standard InChI is InChI=1S/C11H14N2O/c1-8(12)7-13-10-5-3-2-4-9(10)6-11(13)14/h2-5,8H,6-7,12H2,1H3/t8-/m0/s1. The van der Waals surface area contributed by atoms with E-state index in [0.29, 0.717) is 13.0 Å². The lowest BCUT2D eigenvalue weighted by molar-refractivity contribution is -0.117. The van der Waals surface area contributed by atoms with Gasteiger partial charge in [-0.1, -0.05) is 18.2 Å². The van der Waals surface area contributed by atoms with Crippen LogP contribution in [-0.4, -0.2) is 18.5 Å². The smallest absolute Gasteiger partial charge is 0.231 e. The summed E-state index contributed by atoms with van der Waals surface area (Å²) >= 11 is 0. The van der Waals surface area contributed by atoms with Crippen LogP contribution < -0.4 is 10.6 Å². The molecule has 0 bridgehead atoms. The van der Waals surface area contributed by atoms with Gasteiger partial charge in [-0.05, 0) is 18.6 Å². The maximum absolute atomic E-state index is 11.6. The van der Waals surface area contributed by atoms with Gasteiger partial charge in [0, 0.05) is 18.3 Å². The van der Waals surface area contributed by atoms with Crippen molar-refractivity contribution in [3.8, 4) is 0 Å². The van der Waals surface area contributed by atoms with E-state index in [9.17, 15) is 4.79 Å². The number of benzene rings is 1. The first-order valence-corrected chi connectivity index (χ1v) is 4.82. The van der Waals surface area contributed by atoms with Gasteiger partial charge >= 0.3 is 0 Å². The number of para-hydroxylation sites is 1. The molecule has 0 saturated heterocycles. The van der Waals surface area contributed by atoms with Crippen molar-refractivity contribution in [2.24, 2.45) is 5.73 Å². The molecule has 0 aliphatic carbocycles. The lowest BCUT2D eigenvalue weighted by Crippen LogP contribution is -2.37. The Bertz CT molecular complexity index is 360. The second-order valence-corrected chi connectivity index (χ2v) is 3.79. The largest absolute Gasteiger partial charge is 0.326 e. The SMILES string of the molecule is C[C@H](N)CN1C(=O)Cc2ccccc21. The Hall–Kier alpha value is -1.35. The quantitative estimate of drug-likeness (QED) is 0.753. The molecule has 1 aromatic carbocycles. The van der Waals surface area contributed by atoms with Crippen LogP contribution in [0, 0.1) is 0 Å². The molecule has 1 amide bonds. The minimum Gasteiger partial charge on any atom is -0.326 e. The summed E-state index contributed by atoms with van der Waals surface area (Å²) in [4.78, 5) is 13.4. The van der Waals surface area contributed by atoms with Crippen LogP contribution in [0.25, 0.3) is 0 Å². The predicted octanol–water partition coefficient (Wildman–Crippen LogP) is 0.923. The van der Waals surface area contributed by atoms with Gasteiger partial charge in [0.2, 0.25) is 5.91 Å². The van der Waals surface area contributed by atoms with E-state index in [-0.39, 0.29) is 11.9 Å². The molecule has 0 fully saturated rings. The summed E-state index contributed by atoms with van der Waals surface area (Å²) in [5.41, 5.74) is 7.83. The lowest BCUT2D eigenvalue weighted by atomic mass is 10.2. The first-order valence-electron chi connectivity index (χ1n) is 4.82. The van der Waals surface area contributed by atoms with Crippen LogP contribution in [0.4, 0.5) is 5.69 Å². The number of rotatable bonds is 2. The highest BCUT2D eigenvalue weighted by molar-refractivity contribution is 6.01. The van der Waals surface area contributed by atoms with Crippen LogP contribution in [-0.2, 0) is 11.2 Å². The monoisotopic (exact) mass is 190 g/mol. The van der Waals surface area contributed by atoms with Gasteiger partial charge < -0.3 is 10.6 Å². The summed E-state index contributed by atoms with van der Waals surface area (Å²) in [6, 6.07) is 7.90. The van der Waals surface area contributed by atoms with Crippen LogP contribution in [0.2, 0.25) is 0 Å². The number of amides is 1. The number of nitrogens with two attached hydrogens (primary N) is 1. The highest BCUT2D eigenvalue weighted by Gasteiger charge is 2.26. The molecule has 74 valence electrons. The van der Waals surface area contributed by atoms with Crippen molar-refractivity contribution < 1.29 is 4.79 Å². The number of anilines is 1. The van der Waals surface area contributed by atoms with Gasteiger partial charge in [0.1, 0.15) is 0 Å². The van der Waals surface area contributed by atoms with Crippen LogP contribution in [0.5, 0.6) is 0 Å². The van der Waals surface area contributed by atoms with E-state index in [1.165, 1.54) is 0 Å². The zero-order valence-corrected chi connectivity index (χ0v) is 8.23. The molecule has 2 rings (SSSR count). The summed E-state index contributed by atoms with van der Waals surface area (Å²) < 4.78 is 0. The Balaban J connectivity index is 2.30. The Kier molecular flexibility index (Phi) is 2.25. The van der Waals surface area contributed by atoms with Gasteiger partial charge in [-0.15, -0.1) is 0 Å². The lowest BCUT2D eigenvalue weighted by Gasteiger charge is -2.19. The van der Waals surface area contributed by atoms with Gasteiger partial charge in [-0.3, -0.25) is 4.79 Å². The summed E-state index contributed by atoms with van der Waals surface area (Å²) in [5.74, 6) is 0.156. The molecule has 2 N–H and O–H groups in total. The molecular formula is C11H14N2O. The van der Waals surface area contributed by atoms with E-state index < -0.39 is 0 Å². The van der Waals surface area contributed by atoms with Crippen molar-refractivity contribution in [2.75, 3.05) is 11.4 Å². The normalized spacial score (nSPS) is 17.0. The molecule has 1 atom stereocenters. The zero-order valence-electron chi connectivity index (χ0n) is 8.23. The Morgan fingerprint density at radius 3 is 2.93 bits per heavy atom. The molecule has 14 heavy (non-hydrogen) atoms. The highest BCUT2D eigenvalue weighted by atomic mass is 16.2. The van der Waals surface area contributed by atoms with Crippen molar-refractivity contribution in [2.45, 2.75) is 19.4 Å². The van der Waals surface area contributed by atoms with Crippen molar-refractivity contribution in [3.63, 3.8) is 0 Å². The van der Waals surface area contributed by atoms with E-state index in [1.54, 1.807) is 4.90 Å². The first-order chi connectivity index (χ1) is 6.68. The van der Waals surface area contributed by atoms with E-state index in [0.717, 1.165) is 11.3 Å². The molecule has 1 aromatic rings. The van der Waals surface area contributed by atoms with Crippen molar-refractivity contribution in [1.29, 1.82) is 0 Å². The molecule has 1 aliphatic rings. The van der Waals surface area contributed by atoms with Gasteiger partial charge in [-0.2, -0.15) is 0 Å². The zero-order chi connectivity index (χ0) is 10.1. The molecule has 0 unspecified atom stereocenters. The third kappa shape index (κ3) is 1.51.